The van der Waals surface area contributed by atoms with Gasteiger partial charge in [0.1, 0.15) is 17.1 Å². The van der Waals surface area contributed by atoms with Gasteiger partial charge < -0.3 is 9.47 Å². The summed E-state index contributed by atoms with van der Waals surface area (Å²) in [7, 11) is 1.79. The van der Waals surface area contributed by atoms with E-state index in [0.29, 0.717) is 11.8 Å². The molecule has 2 heteroatoms. The van der Waals surface area contributed by atoms with Gasteiger partial charge in [-0.25, -0.2) is 0 Å². The van der Waals surface area contributed by atoms with E-state index in [1.54, 1.807) is 7.11 Å². The van der Waals surface area contributed by atoms with Gasteiger partial charge in [-0.2, -0.15) is 0 Å². The van der Waals surface area contributed by atoms with Crippen LogP contribution >= 0.6 is 0 Å². The van der Waals surface area contributed by atoms with Gasteiger partial charge >= 0.3 is 0 Å². The fourth-order valence-corrected chi connectivity index (χ4v) is 4.45. The van der Waals surface area contributed by atoms with Gasteiger partial charge in [0.2, 0.25) is 0 Å². The summed E-state index contributed by atoms with van der Waals surface area (Å²) in [5.74, 6) is 2.99. The lowest BCUT2D eigenvalue weighted by molar-refractivity contribution is 0.0107. The van der Waals surface area contributed by atoms with Crippen molar-refractivity contribution < 1.29 is 9.47 Å². The second-order valence-electron chi connectivity index (χ2n) is 8.06. The minimum atomic E-state index is -0.123. The molecular weight excluding hydrogens is 296 g/mol. The third-order valence-electron chi connectivity index (χ3n) is 5.80. The standard InChI is InChI=1S/C22H32O2/c1-6-7-8-9-16-13-19(23-5)21-17-12-15(2)10-11-18(17)22(3,4)24-20(21)14-16/h12-14,17-18H,6-11H2,1-5H3/t17-,18?/m1/s1. The van der Waals surface area contributed by atoms with E-state index in [-0.39, 0.29) is 5.60 Å². The Morgan fingerprint density at radius 1 is 1.25 bits per heavy atom. The Morgan fingerprint density at radius 2 is 2.04 bits per heavy atom. The average molecular weight is 328 g/mol. The highest BCUT2D eigenvalue weighted by Gasteiger charge is 2.45. The monoisotopic (exact) mass is 328 g/mol. The molecule has 0 saturated carbocycles. The van der Waals surface area contributed by atoms with Crippen LogP contribution in [0.1, 0.15) is 76.8 Å². The van der Waals surface area contributed by atoms with Crippen molar-refractivity contribution >= 4 is 0 Å². The summed E-state index contributed by atoms with van der Waals surface area (Å²) >= 11 is 0. The molecule has 1 aliphatic heterocycles. The van der Waals surface area contributed by atoms with E-state index in [2.05, 4.69) is 45.9 Å². The van der Waals surface area contributed by atoms with Crippen LogP contribution in [0, 0.1) is 5.92 Å². The topological polar surface area (TPSA) is 18.5 Å². The summed E-state index contributed by atoms with van der Waals surface area (Å²) in [6, 6.07) is 4.51. The summed E-state index contributed by atoms with van der Waals surface area (Å²) in [6.45, 7) is 9.00. The molecule has 3 rings (SSSR count). The van der Waals surface area contributed by atoms with E-state index < -0.39 is 0 Å². The van der Waals surface area contributed by atoms with Crippen molar-refractivity contribution in [3.63, 3.8) is 0 Å². The summed E-state index contributed by atoms with van der Waals surface area (Å²) in [5.41, 5.74) is 3.97. The first-order valence-corrected chi connectivity index (χ1v) is 9.53. The van der Waals surface area contributed by atoms with E-state index in [1.165, 1.54) is 48.8 Å². The number of aryl methyl sites for hydroxylation is 1. The normalized spacial score (nSPS) is 24.5. The predicted octanol–water partition coefficient (Wildman–Crippen LogP) is 6.04. The fourth-order valence-electron chi connectivity index (χ4n) is 4.45. The minimum absolute atomic E-state index is 0.123. The largest absolute Gasteiger partial charge is 0.496 e. The number of methoxy groups -OCH3 is 1. The molecule has 132 valence electrons. The van der Waals surface area contributed by atoms with Crippen LogP contribution in [-0.2, 0) is 6.42 Å². The number of ether oxygens (including phenoxy) is 2. The molecule has 24 heavy (non-hydrogen) atoms. The van der Waals surface area contributed by atoms with Gasteiger partial charge in [-0.1, -0.05) is 31.4 Å². The third-order valence-corrected chi connectivity index (χ3v) is 5.80. The molecule has 0 spiro atoms. The van der Waals surface area contributed by atoms with Gasteiger partial charge in [0.05, 0.1) is 7.11 Å². The maximum Gasteiger partial charge on any atom is 0.127 e. The average Bonchev–Trinajstić information content (AvgIpc) is 2.53. The zero-order chi connectivity index (χ0) is 17.3. The predicted molar refractivity (Wildman–Crippen MR) is 100 cm³/mol. The Kier molecular flexibility index (Phi) is 4.94. The van der Waals surface area contributed by atoms with Crippen molar-refractivity contribution in [3.05, 3.63) is 34.9 Å². The molecule has 1 unspecified atom stereocenters. The van der Waals surface area contributed by atoms with Crippen LogP contribution in [0.5, 0.6) is 11.5 Å². The molecule has 2 aliphatic rings. The van der Waals surface area contributed by atoms with Crippen LogP contribution in [0.4, 0.5) is 0 Å². The highest BCUT2D eigenvalue weighted by atomic mass is 16.5. The Bertz CT molecular complexity index is 627. The van der Waals surface area contributed by atoms with Crippen LogP contribution in [0.2, 0.25) is 0 Å². The zero-order valence-electron chi connectivity index (χ0n) is 15.9. The fraction of sp³-hybridized carbons (Fsp3) is 0.636. The molecule has 0 N–H and O–H groups in total. The van der Waals surface area contributed by atoms with Crippen molar-refractivity contribution in [1.82, 2.24) is 0 Å². The molecule has 0 amide bonds. The Labute approximate surface area is 147 Å². The highest BCUT2D eigenvalue weighted by Crippen LogP contribution is 2.53. The molecule has 1 aromatic rings. The molecule has 1 aliphatic carbocycles. The molecule has 1 aromatic carbocycles. The minimum Gasteiger partial charge on any atom is -0.496 e. The van der Waals surface area contributed by atoms with Gasteiger partial charge in [-0.15, -0.1) is 0 Å². The van der Waals surface area contributed by atoms with E-state index in [9.17, 15) is 0 Å². The van der Waals surface area contributed by atoms with E-state index in [4.69, 9.17) is 9.47 Å². The van der Waals surface area contributed by atoms with E-state index >= 15 is 0 Å². The molecule has 0 fully saturated rings. The molecule has 0 saturated heterocycles. The Morgan fingerprint density at radius 3 is 2.75 bits per heavy atom. The lowest BCUT2D eigenvalue weighted by atomic mass is 9.68. The lowest BCUT2D eigenvalue weighted by Crippen LogP contribution is -2.45. The van der Waals surface area contributed by atoms with Crippen LogP contribution in [0.15, 0.2) is 23.8 Å². The molecule has 2 nitrogen and oxygen atoms in total. The number of unbranched alkanes of at least 4 members (excludes halogenated alkanes) is 2. The van der Waals surface area contributed by atoms with Gasteiger partial charge in [0, 0.05) is 17.4 Å². The summed E-state index contributed by atoms with van der Waals surface area (Å²) in [4.78, 5) is 0. The third kappa shape index (κ3) is 3.20. The van der Waals surface area contributed by atoms with Crippen LogP contribution in [0.25, 0.3) is 0 Å². The van der Waals surface area contributed by atoms with E-state index in [1.807, 2.05) is 0 Å². The van der Waals surface area contributed by atoms with Gasteiger partial charge in [-0.05, 0) is 64.2 Å². The first-order chi connectivity index (χ1) is 11.5. The van der Waals surface area contributed by atoms with Crippen LogP contribution in [0.3, 0.4) is 0 Å². The second kappa shape index (κ2) is 6.82. The molecule has 1 heterocycles. The quantitative estimate of drug-likeness (QED) is 0.484. The van der Waals surface area contributed by atoms with Gasteiger partial charge in [0.25, 0.3) is 0 Å². The van der Waals surface area contributed by atoms with Gasteiger partial charge in [0.15, 0.2) is 0 Å². The van der Waals surface area contributed by atoms with Crippen molar-refractivity contribution in [1.29, 1.82) is 0 Å². The maximum atomic E-state index is 6.50. The molecular formula is C22H32O2. The van der Waals surface area contributed by atoms with Gasteiger partial charge in [-0.3, -0.25) is 0 Å². The number of hydrogen-bond donors (Lipinski definition) is 0. The molecule has 0 aromatic heterocycles. The van der Waals surface area contributed by atoms with Crippen molar-refractivity contribution in [2.45, 2.75) is 77.7 Å². The molecule has 0 radical (unpaired) electrons. The number of benzene rings is 1. The smallest absolute Gasteiger partial charge is 0.127 e. The number of allylic oxidation sites excluding steroid dienone is 2. The van der Waals surface area contributed by atoms with Crippen molar-refractivity contribution in [2.75, 3.05) is 7.11 Å². The number of rotatable bonds is 5. The van der Waals surface area contributed by atoms with Crippen LogP contribution < -0.4 is 9.47 Å². The Balaban J connectivity index is 2.03. The van der Waals surface area contributed by atoms with Crippen LogP contribution in [-0.4, -0.2) is 12.7 Å². The van der Waals surface area contributed by atoms with Crippen molar-refractivity contribution in [2.24, 2.45) is 5.92 Å². The molecule has 0 bridgehead atoms. The first kappa shape index (κ1) is 17.4. The Hall–Kier alpha value is -1.44. The summed E-state index contributed by atoms with van der Waals surface area (Å²) in [5, 5.41) is 0. The highest BCUT2D eigenvalue weighted by molar-refractivity contribution is 5.54. The maximum absolute atomic E-state index is 6.50. The second-order valence-corrected chi connectivity index (χ2v) is 8.06. The SMILES string of the molecule is CCCCCc1cc(OC)c2c(c1)OC(C)(C)C1CCC(C)=C[C@@H]21. The first-order valence-electron chi connectivity index (χ1n) is 9.53. The summed E-state index contributed by atoms with van der Waals surface area (Å²) in [6.07, 6.45) is 9.69. The van der Waals surface area contributed by atoms with Crippen molar-refractivity contribution in [3.8, 4) is 11.5 Å². The lowest BCUT2D eigenvalue weighted by Gasteiger charge is -2.46. The zero-order valence-corrected chi connectivity index (χ0v) is 15.9. The van der Waals surface area contributed by atoms with E-state index in [0.717, 1.165) is 17.9 Å². The number of fused-ring (bicyclic) bond motifs is 3. The molecule has 2 atom stereocenters. The summed E-state index contributed by atoms with van der Waals surface area (Å²) < 4.78 is 12.3. The number of hydrogen-bond acceptors (Lipinski definition) is 2.